The van der Waals surface area contributed by atoms with Gasteiger partial charge in [-0.25, -0.2) is 13.4 Å². The fourth-order valence-corrected chi connectivity index (χ4v) is 4.94. The van der Waals surface area contributed by atoms with E-state index in [1.165, 1.54) is 37.6 Å². The van der Waals surface area contributed by atoms with E-state index >= 15 is 0 Å². The lowest BCUT2D eigenvalue weighted by Gasteiger charge is -2.11. The van der Waals surface area contributed by atoms with E-state index in [4.69, 9.17) is 21.2 Å². The number of carbonyl (C=O) groups excluding carboxylic acids is 1. The van der Waals surface area contributed by atoms with Crippen LogP contribution in [-0.2, 0) is 24.2 Å². The predicted molar refractivity (Wildman–Crippen MR) is 111 cm³/mol. The third-order valence-electron chi connectivity index (χ3n) is 4.06. The molecule has 3 rings (SSSR count). The van der Waals surface area contributed by atoms with Crippen molar-refractivity contribution >= 4 is 49.5 Å². The van der Waals surface area contributed by atoms with Crippen LogP contribution in [0.2, 0.25) is 4.34 Å². The lowest BCUT2D eigenvalue weighted by Crippen LogP contribution is -2.25. The van der Waals surface area contributed by atoms with Gasteiger partial charge in [-0.2, -0.15) is 0 Å². The zero-order valence-electron chi connectivity index (χ0n) is 15.8. The largest absolute Gasteiger partial charge is 0.390 e. The van der Waals surface area contributed by atoms with Crippen LogP contribution in [0.5, 0.6) is 0 Å². The number of ether oxygens (including phenoxy) is 1. The topological polar surface area (TPSA) is 107 Å². The number of rotatable bonds is 9. The fraction of sp³-hybridized carbons (Fsp3) is 0.389. The molecule has 1 aliphatic carbocycles. The van der Waals surface area contributed by atoms with Gasteiger partial charge in [0.15, 0.2) is 20.7 Å². The van der Waals surface area contributed by atoms with Gasteiger partial charge in [0.2, 0.25) is 0 Å². The molecule has 156 valence electrons. The van der Waals surface area contributed by atoms with Gasteiger partial charge in [0, 0.05) is 12.7 Å². The number of nitrogens with zero attached hydrogens (tertiary/aromatic N) is 2. The molecule has 0 aliphatic heterocycles. The van der Waals surface area contributed by atoms with Crippen molar-refractivity contribution in [2.45, 2.75) is 36.0 Å². The molecule has 1 aliphatic rings. The first-order valence-corrected chi connectivity index (χ1v) is 11.5. The number of nitrogens with one attached hydrogen (secondary N) is 1. The Hall–Kier alpha value is -2.01. The Kier molecular flexibility index (Phi) is 6.89. The fourth-order valence-electron chi connectivity index (χ4n) is 2.47. The number of carbonyl (C=O) groups is 1. The van der Waals surface area contributed by atoms with Gasteiger partial charge >= 0.3 is 0 Å². The molecule has 11 heteroatoms. The van der Waals surface area contributed by atoms with Gasteiger partial charge in [-0.05, 0) is 31.9 Å². The lowest BCUT2D eigenvalue weighted by molar-refractivity contribution is -0.110. The molecular weight excluding hydrogens is 438 g/mol. The minimum atomic E-state index is -3.32. The van der Waals surface area contributed by atoms with Crippen molar-refractivity contribution in [3.63, 3.8) is 0 Å². The van der Waals surface area contributed by atoms with Crippen molar-refractivity contribution in [1.29, 1.82) is 0 Å². The highest BCUT2D eigenvalue weighted by Crippen LogP contribution is 2.33. The van der Waals surface area contributed by atoms with Crippen molar-refractivity contribution in [2.24, 2.45) is 5.16 Å². The van der Waals surface area contributed by atoms with Gasteiger partial charge in [-0.3, -0.25) is 10.1 Å². The maximum Gasteiger partial charge on any atom is 0.280 e. The average Bonchev–Trinajstić information content (AvgIpc) is 3.46. The van der Waals surface area contributed by atoms with Crippen molar-refractivity contribution in [3.05, 3.63) is 40.4 Å². The Morgan fingerprint density at radius 1 is 1.38 bits per heavy atom. The van der Waals surface area contributed by atoms with Gasteiger partial charge in [-0.1, -0.05) is 40.2 Å². The second-order valence-electron chi connectivity index (χ2n) is 6.50. The molecule has 1 amide bonds. The first-order chi connectivity index (χ1) is 13.8. The molecule has 1 aromatic carbocycles. The molecule has 8 nitrogen and oxygen atoms in total. The maximum atomic E-state index is 12.7. The van der Waals surface area contributed by atoms with Gasteiger partial charge < -0.3 is 9.57 Å². The number of thiazole rings is 1. The Morgan fingerprint density at radius 2 is 2.07 bits per heavy atom. The molecule has 1 atom stereocenters. The van der Waals surface area contributed by atoms with Crippen LogP contribution in [0, 0.1) is 0 Å². The highest BCUT2D eigenvalue weighted by Gasteiger charge is 2.36. The summed E-state index contributed by atoms with van der Waals surface area (Å²) in [5.74, 6) is -0.557. The van der Waals surface area contributed by atoms with Crippen LogP contribution >= 0.6 is 22.9 Å². The molecule has 1 N–H and O–H groups in total. The van der Waals surface area contributed by atoms with Crippen LogP contribution < -0.4 is 5.32 Å². The molecule has 29 heavy (non-hydrogen) atoms. The zero-order chi connectivity index (χ0) is 21.0. The maximum absolute atomic E-state index is 12.7. The van der Waals surface area contributed by atoms with Crippen LogP contribution in [0.1, 0.15) is 25.3 Å². The number of oxime groups is 1. The minimum absolute atomic E-state index is 0.0188. The summed E-state index contributed by atoms with van der Waals surface area (Å²) >= 11 is 6.95. The number of amides is 1. The van der Waals surface area contributed by atoms with Crippen molar-refractivity contribution < 1.29 is 22.8 Å². The van der Waals surface area contributed by atoms with E-state index in [1.54, 1.807) is 6.92 Å². The van der Waals surface area contributed by atoms with E-state index in [2.05, 4.69) is 15.5 Å². The molecule has 1 saturated carbocycles. The second kappa shape index (κ2) is 9.21. The first kappa shape index (κ1) is 21.7. The smallest absolute Gasteiger partial charge is 0.280 e. The molecule has 0 bridgehead atoms. The number of benzene rings is 1. The van der Waals surface area contributed by atoms with E-state index < -0.39 is 15.7 Å². The third kappa shape index (κ3) is 5.53. The number of aromatic nitrogens is 1. The van der Waals surface area contributed by atoms with Gasteiger partial charge in [-0.15, -0.1) is 0 Å². The minimum Gasteiger partial charge on any atom is -0.390 e. The number of hydrogen-bond donors (Lipinski definition) is 1. The van der Waals surface area contributed by atoms with Crippen molar-refractivity contribution in [1.82, 2.24) is 4.98 Å². The van der Waals surface area contributed by atoms with E-state index in [9.17, 15) is 13.2 Å². The molecule has 1 heterocycles. The van der Waals surface area contributed by atoms with E-state index in [0.717, 1.165) is 11.3 Å². The van der Waals surface area contributed by atoms with Crippen LogP contribution in [0.25, 0.3) is 0 Å². The number of hydrogen-bond acceptors (Lipinski definition) is 8. The summed E-state index contributed by atoms with van der Waals surface area (Å²) in [6.07, 6.45) is 2.40. The summed E-state index contributed by atoms with van der Waals surface area (Å²) in [5.41, 5.74) is 0.388. The van der Waals surface area contributed by atoms with E-state index in [-0.39, 0.29) is 22.0 Å². The molecule has 1 aromatic heterocycles. The third-order valence-corrected chi connectivity index (χ3v) is 7.37. The first-order valence-electron chi connectivity index (χ1n) is 8.81. The highest BCUT2D eigenvalue weighted by molar-refractivity contribution is 7.92. The van der Waals surface area contributed by atoms with Crippen LogP contribution in [-0.4, -0.2) is 50.1 Å². The van der Waals surface area contributed by atoms with Gasteiger partial charge in [0.1, 0.15) is 10.4 Å². The van der Waals surface area contributed by atoms with Crippen LogP contribution in [0.3, 0.4) is 0 Å². The summed E-state index contributed by atoms with van der Waals surface area (Å²) in [6.45, 7) is 2.04. The molecular formula is C18H20ClN3O5S2. The number of anilines is 1. The van der Waals surface area contributed by atoms with E-state index in [0.29, 0.717) is 34.5 Å². The number of methoxy groups -OCH3 is 1. The van der Waals surface area contributed by atoms with Crippen molar-refractivity contribution in [3.8, 4) is 0 Å². The predicted octanol–water partition coefficient (Wildman–Crippen LogP) is 3.13. The molecule has 2 aromatic rings. The Bertz CT molecular complexity index is 1000. The second-order valence-corrected chi connectivity index (χ2v) is 10.4. The number of sulfone groups is 1. The summed E-state index contributed by atoms with van der Waals surface area (Å²) in [6, 6.07) is 6.02. The number of halogens is 1. The molecule has 0 unspecified atom stereocenters. The molecule has 1 fully saturated rings. The highest BCUT2D eigenvalue weighted by atomic mass is 35.5. The normalized spacial score (nSPS) is 15.8. The molecule has 0 saturated heterocycles. The van der Waals surface area contributed by atoms with Crippen LogP contribution in [0.4, 0.5) is 5.13 Å². The standard InChI is InChI=1S/C18H20ClN3O5S2/c1-11(10-26-2)27-22-16(17(23)21-18-20-9-15(19)28-18)12-3-5-13(6-4-12)29(24,25)14-7-8-14/h3-6,9,11,14H,7-8,10H2,1-2H3,(H,20,21,23)/b22-16+/t11-/m1/s1. The van der Waals surface area contributed by atoms with Gasteiger partial charge in [0.25, 0.3) is 5.91 Å². The zero-order valence-corrected chi connectivity index (χ0v) is 18.2. The Labute approximate surface area is 177 Å². The summed E-state index contributed by atoms with van der Waals surface area (Å²) < 4.78 is 30.2. The Morgan fingerprint density at radius 3 is 2.62 bits per heavy atom. The lowest BCUT2D eigenvalue weighted by atomic mass is 10.1. The Balaban J connectivity index is 1.85. The van der Waals surface area contributed by atoms with Gasteiger partial charge in [0.05, 0.1) is 22.9 Å². The average molecular weight is 458 g/mol. The summed E-state index contributed by atoms with van der Waals surface area (Å²) in [5, 5.41) is 6.59. The summed E-state index contributed by atoms with van der Waals surface area (Å²) in [7, 11) is -1.79. The van der Waals surface area contributed by atoms with Crippen LogP contribution in [0.15, 0.2) is 40.5 Å². The van der Waals surface area contributed by atoms with E-state index in [1.807, 2.05) is 0 Å². The molecule has 0 radical (unpaired) electrons. The molecule has 0 spiro atoms. The SMILES string of the molecule is COC[C@@H](C)O/N=C(/C(=O)Nc1ncc(Cl)s1)c1ccc(S(=O)(=O)C2CC2)cc1. The quantitative estimate of drug-likeness (QED) is 0.458. The monoisotopic (exact) mass is 457 g/mol. The summed E-state index contributed by atoms with van der Waals surface area (Å²) in [4.78, 5) is 22.3. The van der Waals surface area contributed by atoms with Crippen molar-refractivity contribution in [2.75, 3.05) is 19.0 Å².